The fourth-order valence-corrected chi connectivity index (χ4v) is 4.53. The van der Waals surface area contributed by atoms with E-state index in [-0.39, 0.29) is 0 Å². The van der Waals surface area contributed by atoms with Gasteiger partial charge in [0.2, 0.25) is 0 Å². The molecule has 0 amide bonds. The summed E-state index contributed by atoms with van der Waals surface area (Å²) in [5, 5.41) is 6.05. The quantitative estimate of drug-likeness (QED) is 0.844. The Kier molecular flexibility index (Phi) is 3.27. The van der Waals surface area contributed by atoms with Crippen LogP contribution in [-0.4, -0.2) is 6.04 Å². The van der Waals surface area contributed by atoms with E-state index in [9.17, 15) is 0 Å². The SMILES string of the molecule is Cc1ccsc1CNC1CCC12CCCCC2. The van der Waals surface area contributed by atoms with E-state index in [0.29, 0.717) is 5.41 Å². The van der Waals surface area contributed by atoms with Crippen molar-refractivity contribution in [2.24, 2.45) is 5.41 Å². The van der Waals surface area contributed by atoms with Gasteiger partial charge < -0.3 is 5.32 Å². The summed E-state index contributed by atoms with van der Waals surface area (Å²) >= 11 is 1.90. The molecule has 0 aliphatic heterocycles. The van der Waals surface area contributed by atoms with E-state index >= 15 is 0 Å². The van der Waals surface area contributed by atoms with Gasteiger partial charge in [-0.1, -0.05) is 19.3 Å². The Balaban J connectivity index is 1.57. The first kappa shape index (κ1) is 11.7. The van der Waals surface area contributed by atoms with Gasteiger partial charge in [-0.25, -0.2) is 0 Å². The molecule has 94 valence electrons. The molecule has 1 nitrogen and oxygen atoms in total. The molecule has 17 heavy (non-hydrogen) atoms. The lowest BCUT2D eigenvalue weighted by Gasteiger charge is -2.52. The van der Waals surface area contributed by atoms with Gasteiger partial charge in [-0.2, -0.15) is 0 Å². The highest BCUT2D eigenvalue weighted by Crippen LogP contribution is 2.51. The fourth-order valence-electron chi connectivity index (χ4n) is 3.67. The number of nitrogens with one attached hydrogen (secondary N) is 1. The Morgan fingerprint density at radius 1 is 1.29 bits per heavy atom. The van der Waals surface area contributed by atoms with Gasteiger partial charge >= 0.3 is 0 Å². The lowest BCUT2D eigenvalue weighted by atomic mass is 9.57. The normalized spacial score (nSPS) is 27.0. The van der Waals surface area contributed by atoms with Crippen LogP contribution in [0.25, 0.3) is 0 Å². The summed E-state index contributed by atoms with van der Waals surface area (Å²) in [6, 6.07) is 3.04. The molecule has 1 aromatic rings. The third-order valence-electron chi connectivity index (χ3n) is 5.00. The molecule has 1 heterocycles. The first-order valence-corrected chi connectivity index (χ1v) is 7.94. The van der Waals surface area contributed by atoms with Crippen molar-refractivity contribution in [1.29, 1.82) is 0 Å². The van der Waals surface area contributed by atoms with E-state index < -0.39 is 0 Å². The zero-order chi connectivity index (χ0) is 11.7. The first-order chi connectivity index (χ1) is 8.30. The summed E-state index contributed by atoms with van der Waals surface area (Å²) in [7, 11) is 0. The molecule has 1 spiro atoms. The molecule has 3 rings (SSSR count). The van der Waals surface area contributed by atoms with Crippen molar-refractivity contribution in [2.75, 3.05) is 0 Å². The lowest BCUT2D eigenvalue weighted by molar-refractivity contribution is 0.0223. The van der Waals surface area contributed by atoms with Gasteiger partial charge in [-0.15, -0.1) is 11.3 Å². The molecule has 1 unspecified atom stereocenters. The molecule has 0 aromatic carbocycles. The molecule has 1 N–H and O–H groups in total. The summed E-state index contributed by atoms with van der Waals surface area (Å²) in [4.78, 5) is 1.53. The van der Waals surface area contributed by atoms with Crippen LogP contribution in [0, 0.1) is 12.3 Å². The van der Waals surface area contributed by atoms with Crippen LogP contribution in [0.1, 0.15) is 55.4 Å². The number of aryl methyl sites for hydroxylation is 1. The second kappa shape index (κ2) is 4.74. The van der Waals surface area contributed by atoms with Crippen LogP contribution in [0.3, 0.4) is 0 Å². The van der Waals surface area contributed by atoms with Crippen LogP contribution < -0.4 is 5.32 Å². The molecular weight excluding hydrogens is 226 g/mol. The van der Waals surface area contributed by atoms with Gasteiger partial charge in [0, 0.05) is 17.5 Å². The maximum absolute atomic E-state index is 3.83. The number of thiophene rings is 1. The van der Waals surface area contributed by atoms with Crippen LogP contribution >= 0.6 is 11.3 Å². The minimum absolute atomic E-state index is 0.698. The van der Waals surface area contributed by atoms with Crippen molar-refractivity contribution in [3.8, 4) is 0 Å². The molecule has 1 atom stereocenters. The zero-order valence-corrected chi connectivity index (χ0v) is 11.6. The van der Waals surface area contributed by atoms with Gasteiger partial charge in [0.1, 0.15) is 0 Å². The molecule has 2 aliphatic carbocycles. The summed E-state index contributed by atoms with van der Waals surface area (Å²) < 4.78 is 0. The summed E-state index contributed by atoms with van der Waals surface area (Å²) in [5.41, 5.74) is 2.16. The third kappa shape index (κ3) is 2.17. The molecule has 2 saturated carbocycles. The minimum Gasteiger partial charge on any atom is -0.309 e. The van der Waals surface area contributed by atoms with Gasteiger partial charge in [0.25, 0.3) is 0 Å². The molecule has 0 bridgehead atoms. The van der Waals surface area contributed by atoms with Gasteiger partial charge in [-0.3, -0.25) is 0 Å². The number of hydrogen-bond donors (Lipinski definition) is 1. The predicted molar refractivity (Wildman–Crippen MR) is 74.4 cm³/mol. The Morgan fingerprint density at radius 3 is 2.71 bits per heavy atom. The minimum atomic E-state index is 0.698. The van der Waals surface area contributed by atoms with E-state index in [1.54, 1.807) is 0 Å². The Morgan fingerprint density at radius 2 is 2.12 bits per heavy atom. The van der Waals surface area contributed by atoms with Gasteiger partial charge in [0.15, 0.2) is 0 Å². The second-order valence-electron chi connectivity index (χ2n) is 5.92. The molecule has 2 heteroatoms. The van der Waals surface area contributed by atoms with Crippen LogP contribution in [0.2, 0.25) is 0 Å². The molecule has 2 fully saturated rings. The van der Waals surface area contributed by atoms with Crippen LogP contribution in [0.4, 0.5) is 0 Å². The lowest BCUT2D eigenvalue weighted by Crippen LogP contribution is -2.53. The Bertz CT molecular complexity index is 376. The van der Waals surface area contributed by atoms with Crippen molar-refractivity contribution in [1.82, 2.24) is 5.32 Å². The maximum atomic E-state index is 3.83. The van der Waals surface area contributed by atoms with Crippen molar-refractivity contribution in [3.05, 3.63) is 21.9 Å². The molecule has 0 radical (unpaired) electrons. The predicted octanol–water partition coefficient (Wildman–Crippen LogP) is 4.26. The van der Waals surface area contributed by atoms with Crippen LogP contribution in [0.15, 0.2) is 11.4 Å². The van der Waals surface area contributed by atoms with Crippen molar-refractivity contribution >= 4 is 11.3 Å². The summed E-state index contributed by atoms with van der Waals surface area (Å²) in [6.45, 7) is 3.32. The maximum Gasteiger partial charge on any atom is 0.0305 e. The van der Waals surface area contributed by atoms with Crippen LogP contribution in [-0.2, 0) is 6.54 Å². The van der Waals surface area contributed by atoms with E-state index in [1.807, 2.05) is 11.3 Å². The fraction of sp³-hybridized carbons (Fsp3) is 0.733. The highest BCUT2D eigenvalue weighted by molar-refractivity contribution is 7.10. The Hall–Kier alpha value is -0.340. The van der Waals surface area contributed by atoms with Gasteiger partial charge in [0.05, 0.1) is 0 Å². The van der Waals surface area contributed by atoms with Gasteiger partial charge in [-0.05, 0) is 55.0 Å². The van der Waals surface area contributed by atoms with Crippen molar-refractivity contribution in [3.63, 3.8) is 0 Å². The standard InChI is InChI=1S/C15H23NS/c1-12-6-10-17-13(12)11-16-14-5-9-15(14)7-3-2-4-8-15/h6,10,14,16H,2-5,7-9,11H2,1H3. The second-order valence-corrected chi connectivity index (χ2v) is 6.92. The highest BCUT2D eigenvalue weighted by atomic mass is 32.1. The molecule has 2 aliphatic rings. The van der Waals surface area contributed by atoms with E-state index in [0.717, 1.165) is 12.6 Å². The smallest absolute Gasteiger partial charge is 0.0305 e. The number of hydrogen-bond acceptors (Lipinski definition) is 2. The average molecular weight is 249 g/mol. The van der Waals surface area contributed by atoms with E-state index in [4.69, 9.17) is 0 Å². The third-order valence-corrected chi connectivity index (χ3v) is 6.02. The zero-order valence-electron chi connectivity index (χ0n) is 10.8. The Labute approximate surface area is 109 Å². The first-order valence-electron chi connectivity index (χ1n) is 7.07. The topological polar surface area (TPSA) is 12.0 Å². The van der Waals surface area contributed by atoms with E-state index in [1.165, 1.54) is 55.4 Å². The van der Waals surface area contributed by atoms with Crippen molar-refractivity contribution < 1.29 is 0 Å². The molecule has 0 saturated heterocycles. The number of rotatable bonds is 3. The summed E-state index contributed by atoms with van der Waals surface area (Å²) in [6.07, 6.45) is 10.3. The monoisotopic (exact) mass is 249 g/mol. The summed E-state index contributed by atoms with van der Waals surface area (Å²) in [5.74, 6) is 0. The largest absolute Gasteiger partial charge is 0.309 e. The average Bonchev–Trinajstić information content (AvgIpc) is 2.75. The van der Waals surface area contributed by atoms with Crippen molar-refractivity contribution in [2.45, 2.75) is 64.5 Å². The molecule has 1 aromatic heterocycles. The highest BCUT2D eigenvalue weighted by Gasteiger charge is 2.46. The van der Waals surface area contributed by atoms with Crippen LogP contribution in [0.5, 0.6) is 0 Å². The van der Waals surface area contributed by atoms with E-state index in [2.05, 4.69) is 23.7 Å². The molecular formula is C15H23NS.